The van der Waals surface area contributed by atoms with Crippen molar-refractivity contribution >= 4 is 33.7 Å². The van der Waals surface area contributed by atoms with Gasteiger partial charge in [-0.2, -0.15) is 0 Å². The van der Waals surface area contributed by atoms with Gasteiger partial charge in [0.25, 0.3) is 0 Å². The molecular formula is C50H58N4O5. The topological polar surface area (TPSA) is 78.2 Å². The van der Waals surface area contributed by atoms with E-state index < -0.39 is 11.9 Å². The zero-order valence-electron chi connectivity index (χ0n) is 34.7. The standard InChI is InChI=1S/C50H58N4O5/c1-3-57-30-28-53-35-45(43-16-7-9-18-47(43)53)38-20-24-51(25-21-38)33-37-12-11-14-40(32-37)49(55)59-50(56)42-15-6-5-13-41(42)34-52-26-22-39(23-27-52)46-36-54(29-31-58-4-2)48-19-10-8-17-44(46)48/h5-19,32,35-36,38-39H,3-4,20-31,33-34H2,1-2H3. The van der Waals surface area contributed by atoms with Crippen molar-refractivity contribution in [2.24, 2.45) is 0 Å². The van der Waals surface area contributed by atoms with Crippen LogP contribution >= 0.6 is 0 Å². The second kappa shape index (κ2) is 19.3. The van der Waals surface area contributed by atoms with Crippen LogP contribution in [0.1, 0.15) is 94.3 Å². The first-order valence-corrected chi connectivity index (χ1v) is 21.7. The van der Waals surface area contributed by atoms with Crippen LogP contribution in [0.3, 0.4) is 0 Å². The Hall–Kier alpha value is -5.06. The lowest BCUT2D eigenvalue weighted by Gasteiger charge is -2.32. The summed E-state index contributed by atoms with van der Waals surface area (Å²) < 4.78 is 21.6. The van der Waals surface area contributed by atoms with Gasteiger partial charge < -0.3 is 23.3 Å². The van der Waals surface area contributed by atoms with E-state index in [-0.39, 0.29) is 0 Å². The molecule has 0 aliphatic carbocycles. The van der Waals surface area contributed by atoms with Gasteiger partial charge in [0.1, 0.15) is 0 Å². The minimum Gasteiger partial charge on any atom is -0.386 e. The van der Waals surface area contributed by atoms with Gasteiger partial charge in [-0.3, -0.25) is 9.80 Å². The van der Waals surface area contributed by atoms with E-state index in [1.54, 1.807) is 12.1 Å². The number of likely N-dealkylation sites (tertiary alicyclic amines) is 2. The molecule has 308 valence electrons. The maximum atomic E-state index is 13.6. The SMILES string of the molecule is CCOCCn1cc(C2CCN(Cc3cccc(C(=O)OC(=O)c4ccccc4CN4CCC(c5cn(CCOCC)c6ccccc56)CC4)c3)CC2)c2ccccc21. The first-order valence-electron chi connectivity index (χ1n) is 21.7. The number of benzene rings is 4. The zero-order valence-corrected chi connectivity index (χ0v) is 34.7. The largest absolute Gasteiger partial charge is 0.386 e. The number of ether oxygens (including phenoxy) is 3. The highest BCUT2D eigenvalue weighted by Crippen LogP contribution is 2.36. The van der Waals surface area contributed by atoms with Gasteiger partial charge in [0, 0.05) is 73.6 Å². The van der Waals surface area contributed by atoms with Crippen LogP contribution in [-0.4, -0.2) is 83.5 Å². The van der Waals surface area contributed by atoms with Crippen LogP contribution in [0.4, 0.5) is 0 Å². The Morgan fingerprint density at radius 1 is 0.593 bits per heavy atom. The molecule has 4 heterocycles. The van der Waals surface area contributed by atoms with Gasteiger partial charge in [0.15, 0.2) is 0 Å². The fourth-order valence-corrected chi connectivity index (χ4v) is 9.34. The van der Waals surface area contributed by atoms with Gasteiger partial charge >= 0.3 is 11.9 Å². The molecule has 0 spiro atoms. The predicted molar refractivity (Wildman–Crippen MR) is 234 cm³/mol. The van der Waals surface area contributed by atoms with Crippen molar-refractivity contribution < 1.29 is 23.8 Å². The summed E-state index contributed by atoms with van der Waals surface area (Å²) in [6, 6.07) is 32.5. The van der Waals surface area contributed by atoms with E-state index in [2.05, 4.69) is 85.9 Å². The fourth-order valence-electron chi connectivity index (χ4n) is 9.34. The molecule has 9 heteroatoms. The summed E-state index contributed by atoms with van der Waals surface area (Å²) in [6.45, 7) is 13.8. The van der Waals surface area contributed by atoms with Crippen LogP contribution in [0.15, 0.2) is 109 Å². The van der Waals surface area contributed by atoms with Crippen molar-refractivity contribution in [3.63, 3.8) is 0 Å². The van der Waals surface area contributed by atoms with Gasteiger partial charge in [0.05, 0.1) is 24.3 Å². The van der Waals surface area contributed by atoms with Crippen LogP contribution < -0.4 is 0 Å². The normalized spacial score (nSPS) is 16.0. The average molecular weight is 795 g/mol. The number of para-hydroxylation sites is 2. The van der Waals surface area contributed by atoms with E-state index in [1.165, 1.54) is 32.9 Å². The van der Waals surface area contributed by atoms with E-state index >= 15 is 0 Å². The molecule has 9 nitrogen and oxygen atoms in total. The maximum Gasteiger partial charge on any atom is 0.346 e. The van der Waals surface area contributed by atoms with Gasteiger partial charge in [-0.25, -0.2) is 9.59 Å². The first-order chi connectivity index (χ1) is 29.0. The molecule has 0 atom stereocenters. The molecule has 0 amide bonds. The monoisotopic (exact) mass is 794 g/mol. The summed E-state index contributed by atoms with van der Waals surface area (Å²) in [5.41, 5.74) is 8.14. The molecule has 0 bridgehead atoms. The van der Waals surface area contributed by atoms with Gasteiger partial charge in [0.2, 0.25) is 0 Å². The maximum absolute atomic E-state index is 13.6. The smallest absolute Gasteiger partial charge is 0.346 e. The molecule has 2 saturated heterocycles. The second-order valence-electron chi connectivity index (χ2n) is 16.1. The highest BCUT2D eigenvalue weighted by Gasteiger charge is 2.27. The van der Waals surface area contributed by atoms with Crippen LogP contribution in [-0.2, 0) is 40.4 Å². The van der Waals surface area contributed by atoms with Crippen molar-refractivity contribution in [2.45, 2.75) is 77.5 Å². The molecule has 2 aliphatic heterocycles. The number of rotatable bonds is 16. The number of carbonyl (C=O) groups excluding carboxylic acids is 2. The van der Waals surface area contributed by atoms with E-state index in [4.69, 9.17) is 14.2 Å². The number of carbonyl (C=O) groups is 2. The summed E-state index contributed by atoms with van der Waals surface area (Å²) >= 11 is 0. The number of esters is 2. The van der Waals surface area contributed by atoms with E-state index in [0.717, 1.165) is 95.8 Å². The van der Waals surface area contributed by atoms with Crippen molar-refractivity contribution in [1.29, 1.82) is 0 Å². The first kappa shape index (κ1) is 40.7. The lowest BCUT2D eigenvalue weighted by Crippen LogP contribution is -2.33. The molecule has 0 saturated carbocycles. The summed E-state index contributed by atoms with van der Waals surface area (Å²) in [5, 5.41) is 2.67. The Labute approximate surface area is 348 Å². The van der Waals surface area contributed by atoms with Crippen molar-refractivity contribution in [1.82, 2.24) is 18.9 Å². The van der Waals surface area contributed by atoms with Crippen LogP contribution in [0, 0.1) is 0 Å². The second-order valence-corrected chi connectivity index (χ2v) is 16.1. The molecule has 59 heavy (non-hydrogen) atoms. The number of nitrogens with zero attached hydrogens (tertiary/aromatic N) is 4. The van der Waals surface area contributed by atoms with Crippen molar-refractivity contribution in [3.8, 4) is 0 Å². The minimum atomic E-state index is -0.618. The lowest BCUT2D eigenvalue weighted by atomic mass is 9.89. The average Bonchev–Trinajstić information content (AvgIpc) is 3.83. The van der Waals surface area contributed by atoms with Crippen molar-refractivity contribution in [3.05, 3.63) is 143 Å². The number of piperidine rings is 2. The molecule has 6 aromatic rings. The Morgan fingerprint density at radius 2 is 1.12 bits per heavy atom. The van der Waals surface area contributed by atoms with Crippen LogP contribution in [0.25, 0.3) is 21.8 Å². The van der Waals surface area contributed by atoms with Crippen molar-refractivity contribution in [2.75, 3.05) is 52.6 Å². The van der Waals surface area contributed by atoms with E-state index in [9.17, 15) is 9.59 Å². The number of fused-ring (bicyclic) bond motifs is 2. The molecule has 4 aromatic carbocycles. The van der Waals surface area contributed by atoms with Gasteiger partial charge in [-0.05, 0) is 130 Å². The predicted octanol–water partition coefficient (Wildman–Crippen LogP) is 9.43. The number of hydrogen-bond donors (Lipinski definition) is 0. The summed E-state index contributed by atoms with van der Waals surface area (Å²) in [6.07, 6.45) is 8.91. The molecule has 2 fully saturated rings. The molecular weight excluding hydrogens is 737 g/mol. The van der Waals surface area contributed by atoms with Gasteiger partial charge in [-0.1, -0.05) is 66.7 Å². The quantitative estimate of drug-likeness (QED) is 0.0549. The van der Waals surface area contributed by atoms with E-state index in [0.29, 0.717) is 42.7 Å². The third-order valence-electron chi connectivity index (χ3n) is 12.4. The van der Waals surface area contributed by atoms with E-state index in [1.807, 2.05) is 44.2 Å². The third kappa shape index (κ3) is 9.55. The summed E-state index contributed by atoms with van der Waals surface area (Å²) in [5.74, 6) is -0.248. The highest BCUT2D eigenvalue weighted by atomic mass is 16.6. The highest BCUT2D eigenvalue weighted by molar-refractivity contribution is 6.03. The Morgan fingerprint density at radius 3 is 1.69 bits per heavy atom. The fraction of sp³-hybridized carbons (Fsp3) is 0.400. The molecule has 2 aromatic heterocycles. The summed E-state index contributed by atoms with van der Waals surface area (Å²) in [7, 11) is 0. The molecule has 0 radical (unpaired) electrons. The Kier molecular flexibility index (Phi) is 13.3. The molecule has 0 N–H and O–H groups in total. The minimum absolute atomic E-state index is 0.393. The Balaban J connectivity index is 0.845. The molecule has 8 rings (SSSR count). The van der Waals surface area contributed by atoms with Crippen LogP contribution in [0.2, 0.25) is 0 Å². The number of aromatic nitrogens is 2. The Bertz CT molecular complexity index is 2350. The molecule has 2 aliphatic rings. The van der Waals surface area contributed by atoms with Gasteiger partial charge in [-0.15, -0.1) is 0 Å². The third-order valence-corrected chi connectivity index (χ3v) is 12.4. The molecule has 0 unspecified atom stereocenters. The lowest BCUT2D eigenvalue weighted by molar-refractivity contribution is 0.0396. The van der Waals surface area contributed by atoms with Crippen LogP contribution in [0.5, 0.6) is 0 Å². The number of hydrogen-bond acceptors (Lipinski definition) is 7. The summed E-state index contributed by atoms with van der Waals surface area (Å²) in [4.78, 5) is 31.8. The zero-order chi connectivity index (χ0) is 40.6.